The Bertz CT molecular complexity index is 629. The van der Waals surface area contributed by atoms with Crippen LogP contribution in [0.3, 0.4) is 0 Å². The Hall–Kier alpha value is -1.18. The fourth-order valence-electron chi connectivity index (χ4n) is 3.10. The van der Waals surface area contributed by atoms with E-state index in [1.807, 2.05) is 19.1 Å². The third kappa shape index (κ3) is 4.22. The standard InChI is InChI=1S/C16H24N2O4S/c1-13-16(5-2-8-17-13)22-15-6-9-18(12-15)23(19,20)11-7-14-4-3-10-21-14/h2,5,8,14-15H,3-4,6-7,9-12H2,1H3/t14-,15+/m1/s1. The molecule has 3 rings (SSSR count). The van der Waals surface area contributed by atoms with Crippen molar-refractivity contribution in [3.05, 3.63) is 24.0 Å². The van der Waals surface area contributed by atoms with E-state index in [1.54, 1.807) is 10.5 Å². The molecular weight excluding hydrogens is 316 g/mol. The average molecular weight is 340 g/mol. The summed E-state index contributed by atoms with van der Waals surface area (Å²) in [5.41, 5.74) is 0.826. The van der Waals surface area contributed by atoms with Gasteiger partial charge < -0.3 is 9.47 Å². The van der Waals surface area contributed by atoms with E-state index in [1.165, 1.54) is 0 Å². The number of aromatic nitrogens is 1. The quantitative estimate of drug-likeness (QED) is 0.789. The zero-order valence-electron chi connectivity index (χ0n) is 13.5. The van der Waals surface area contributed by atoms with Crippen LogP contribution >= 0.6 is 0 Å². The lowest BCUT2D eigenvalue weighted by Gasteiger charge is -2.18. The molecule has 0 amide bonds. The fourth-order valence-corrected chi connectivity index (χ4v) is 4.70. The van der Waals surface area contributed by atoms with E-state index in [9.17, 15) is 8.42 Å². The predicted octanol–water partition coefficient (Wildman–Crippen LogP) is 1.74. The van der Waals surface area contributed by atoms with Crippen molar-refractivity contribution in [2.24, 2.45) is 0 Å². The van der Waals surface area contributed by atoms with Crippen molar-refractivity contribution in [3.8, 4) is 5.75 Å². The molecule has 0 radical (unpaired) electrons. The van der Waals surface area contributed by atoms with Gasteiger partial charge in [-0.25, -0.2) is 8.42 Å². The number of pyridine rings is 1. The number of aryl methyl sites for hydroxylation is 1. The number of sulfonamides is 1. The summed E-state index contributed by atoms with van der Waals surface area (Å²) in [7, 11) is -3.23. The van der Waals surface area contributed by atoms with Crippen molar-refractivity contribution >= 4 is 10.0 Å². The van der Waals surface area contributed by atoms with Crippen molar-refractivity contribution < 1.29 is 17.9 Å². The largest absolute Gasteiger partial charge is 0.487 e. The van der Waals surface area contributed by atoms with Gasteiger partial charge in [-0.3, -0.25) is 4.98 Å². The van der Waals surface area contributed by atoms with Gasteiger partial charge in [-0.1, -0.05) is 0 Å². The molecule has 0 bridgehead atoms. The van der Waals surface area contributed by atoms with E-state index in [0.29, 0.717) is 25.9 Å². The van der Waals surface area contributed by atoms with Crippen molar-refractivity contribution in [1.82, 2.24) is 9.29 Å². The van der Waals surface area contributed by atoms with Crippen LogP contribution < -0.4 is 4.74 Å². The molecule has 1 aromatic heterocycles. The van der Waals surface area contributed by atoms with Crippen LogP contribution in [-0.2, 0) is 14.8 Å². The SMILES string of the molecule is Cc1ncccc1O[C@H]1CCN(S(=O)(=O)CC[C@H]2CCCO2)C1. The molecule has 2 fully saturated rings. The maximum Gasteiger partial charge on any atom is 0.214 e. The fraction of sp³-hybridized carbons (Fsp3) is 0.688. The highest BCUT2D eigenvalue weighted by atomic mass is 32.2. The van der Waals surface area contributed by atoms with Crippen molar-refractivity contribution in [2.75, 3.05) is 25.4 Å². The summed E-state index contributed by atoms with van der Waals surface area (Å²) in [6, 6.07) is 3.70. The summed E-state index contributed by atoms with van der Waals surface area (Å²) in [5, 5.41) is 0. The van der Waals surface area contributed by atoms with E-state index in [0.717, 1.165) is 30.9 Å². The van der Waals surface area contributed by atoms with Crippen LogP contribution in [-0.4, -0.2) is 55.4 Å². The first-order valence-corrected chi connectivity index (χ1v) is 9.83. The predicted molar refractivity (Wildman–Crippen MR) is 87.0 cm³/mol. The summed E-state index contributed by atoms with van der Waals surface area (Å²) in [5.74, 6) is 0.896. The van der Waals surface area contributed by atoms with Gasteiger partial charge in [0, 0.05) is 19.3 Å². The van der Waals surface area contributed by atoms with E-state index >= 15 is 0 Å². The lowest BCUT2D eigenvalue weighted by Crippen LogP contribution is -2.33. The van der Waals surface area contributed by atoms with Gasteiger partial charge in [0.25, 0.3) is 0 Å². The first kappa shape index (κ1) is 16.7. The first-order chi connectivity index (χ1) is 11.0. The molecule has 1 aromatic rings. The molecule has 2 saturated heterocycles. The van der Waals surface area contributed by atoms with Gasteiger partial charge in [-0.2, -0.15) is 4.31 Å². The number of nitrogens with zero attached hydrogens (tertiary/aromatic N) is 2. The molecule has 0 spiro atoms. The van der Waals surface area contributed by atoms with E-state index in [-0.39, 0.29) is 18.0 Å². The van der Waals surface area contributed by atoms with Crippen LogP contribution in [0.25, 0.3) is 0 Å². The van der Waals surface area contributed by atoms with Crippen LogP contribution in [0.15, 0.2) is 18.3 Å². The van der Waals surface area contributed by atoms with E-state index in [4.69, 9.17) is 9.47 Å². The minimum absolute atomic E-state index is 0.101. The highest BCUT2D eigenvalue weighted by Gasteiger charge is 2.33. The summed E-state index contributed by atoms with van der Waals surface area (Å²) >= 11 is 0. The van der Waals surface area contributed by atoms with Crippen LogP contribution in [0.4, 0.5) is 0 Å². The summed E-state index contributed by atoms with van der Waals surface area (Å²) in [6.45, 7) is 3.59. The van der Waals surface area contributed by atoms with Crippen LogP contribution in [0, 0.1) is 6.92 Å². The minimum Gasteiger partial charge on any atom is -0.487 e. The topological polar surface area (TPSA) is 68.7 Å². The second kappa shape index (κ2) is 7.15. The highest BCUT2D eigenvalue weighted by molar-refractivity contribution is 7.89. The molecule has 2 aliphatic rings. The zero-order valence-corrected chi connectivity index (χ0v) is 14.3. The zero-order chi connectivity index (χ0) is 16.3. The third-order valence-electron chi connectivity index (χ3n) is 4.47. The Morgan fingerprint density at radius 3 is 3.04 bits per heavy atom. The Balaban J connectivity index is 1.53. The van der Waals surface area contributed by atoms with Crippen LogP contribution in [0.1, 0.15) is 31.4 Å². The molecule has 0 N–H and O–H groups in total. The molecule has 6 nitrogen and oxygen atoms in total. The van der Waals surface area contributed by atoms with E-state index < -0.39 is 10.0 Å². The molecule has 0 saturated carbocycles. The number of hydrogen-bond acceptors (Lipinski definition) is 5. The summed E-state index contributed by atoms with van der Waals surface area (Å²) in [6.07, 6.45) is 5.04. The lowest BCUT2D eigenvalue weighted by molar-refractivity contribution is 0.108. The molecule has 3 heterocycles. The van der Waals surface area contributed by atoms with Gasteiger partial charge >= 0.3 is 0 Å². The second-order valence-electron chi connectivity index (χ2n) is 6.21. The van der Waals surface area contributed by atoms with Gasteiger partial charge in [0.15, 0.2) is 0 Å². The number of rotatable bonds is 6. The molecule has 2 aliphatic heterocycles. The second-order valence-corrected chi connectivity index (χ2v) is 8.30. The maximum atomic E-state index is 12.5. The monoisotopic (exact) mass is 340 g/mol. The Kier molecular flexibility index (Phi) is 5.18. The molecule has 0 aliphatic carbocycles. The first-order valence-electron chi connectivity index (χ1n) is 8.22. The molecule has 23 heavy (non-hydrogen) atoms. The Morgan fingerprint density at radius 2 is 2.30 bits per heavy atom. The smallest absolute Gasteiger partial charge is 0.214 e. The molecule has 2 atom stereocenters. The Morgan fingerprint density at radius 1 is 1.43 bits per heavy atom. The van der Waals surface area contributed by atoms with E-state index in [2.05, 4.69) is 4.98 Å². The maximum absolute atomic E-state index is 12.5. The minimum atomic E-state index is -3.23. The highest BCUT2D eigenvalue weighted by Crippen LogP contribution is 2.23. The third-order valence-corrected chi connectivity index (χ3v) is 6.35. The van der Waals surface area contributed by atoms with Crippen molar-refractivity contribution in [1.29, 1.82) is 0 Å². The number of hydrogen-bond donors (Lipinski definition) is 0. The van der Waals surface area contributed by atoms with Crippen LogP contribution in [0.2, 0.25) is 0 Å². The summed E-state index contributed by atoms with van der Waals surface area (Å²) < 4.78 is 37.9. The van der Waals surface area contributed by atoms with Gasteiger partial charge in [-0.05, 0) is 44.7 Å². The molecule has 128 valence electrons. The molecule has 0 aromatic carbocycles. The lowest BCUT2D eigenvalue weighted by atomic mass is 10.2. The summed E-state index contributed by atoms with van der Waals surface area (Å²) in [4.78, 5) is 4.19. The van der Waals surface area contributed by atoms with Gasteiger partial charge in [-0.15, -0.1) is 0 Å². The molecule has 7 heteroatoms. The molecule has 0 unspecified atom stereocenters. The average Bonchev–Trinajstić information content (AvgIpc) is 3.19. The molecular formula is C16H24N2O4S. The Labute approximate surface area is 137 Å². The van der Waals surface area contributed by atoms with Gasteiger partial charge in [0.2, 0.25) is 10.0 Å². The normalized spacial score (nSPS) is 25.8. The van der Waals surface area contributed by atoms with Gasteiger partial charge in [0.05, 0.1) is 24.1 Å². The van der Waals surface area contributed by atoms with Crippen molar-refractivity contribution in [3.63, 3.8) is 0 Å². The van der Waals surface area contributed by atoms with Crippen molar-refractivity contribution in [2.45, 2.75) is 44.8 Å². The number of ether oxygens (including phenoxy) is 2. The van der Waals surface area contributed by atoms with Gasteiger partial charge in [0.1, 0.15) is 11.9 Å². The van der Waals surface area contributed by atoms with Crippen LogP contribution in [0.5, 0.6) is 5.75 Å².